The molecule has 3 N–H and O–H groups in total. The van der Waals surface area contributed by atoms with Gasteiger partial charge in [0.15, 0.2) is 5.78 Å². The highest BCUT2D eigenvalue weighted by atomic mass is 32.1. The highest BCUT2D eigenvalue weighted by molar-refractivity contribution is 7.80. The number of benzene rings is 1. The molecular weight excluding hydrogens is 677 g/mol. The molecule has 1 saturated heterocycles. The van der Waals surface area contributed by atoms with Crippen molar-refractivity contribution in [3.63, 3.8) is 0 Å². The van der Waals surface area contributed by atoms with E-state index >= 15 is 0 Å². The van der Waals surface area contributed by atoms with Gasteiger partial charge in [-0.1, -0.05) is 104 Å². The molecule has 2 amide bonds. The normalized spacial score (nSPS) is 19.3. The number of nitrogens with one attached hydrogen (secondary N) is 2. The van der Waals surface area contributed by atoms with Gasteiger partial charge in [0.25, 0.3) is 0 Å². The molecule has 0 aromatic heterocycles. The summed E-state index contributed by atoms with van der Waals surface area (Å²) in [6.45, 7) is 18.5. The van der Waals surface area contributed by atoms with Gasteiger partial charge in [0, 0.05) is 46.1 Å². The molecule has 0 radical (unpaired) electrons. The number of thiocarbonyl (C=S) groups is 1. The van der Waals surface area contributed by atoms with Crippen molar-refractivity contribution in [2.24, 2.45) is 29.6 Å². The Balaban J connectivity index is 2.26. The first-order valence-electron chi connectivity index (χ1n) is 19.1. The zero-order chi connectivity index (χ0) is 39.3. The van der Waals surface area contributed by atoms with Gasteiger partial charge in [0.1, 0.15) is 5.76 Å². The predicted molar refractivity (Wildman–Crippen MR) is 213 cm³/mol. The number of carbonyl (C=O) groups excluding carboxylic acids is 3. The minimum Gasteiger partial charge on any atom is -0.511 e. The molecule has 1 fully saturated rings. The van der Waals surface area contributed by atoms with Gasteiger partial charge in [-0.05, 0) is 49.6 Å². The average Bonchev–Trinajstić information content (AvgIpc) is 3.59. The highest BCUT2D eigenvalue weighted by Crippen LogP contribution is 2.31. The van der Waals surface area contributed by atoms with Crippen LogP contribution < -0.4 is 10.6 Å². The fourth-order valence-corrected chi connectivity index (χ4v) is 8.07. The Bertz CT molecular complexity index is 1310. The maximum absolute atomic E-state index is 14.2. The van der Waals surface area contributed by atoms with E-state index in [0.717, 1.165) is 24.8 Å². The van der Waals surface area contributed by atoms with E-state index in [4.69, 9.17) is 21.7 Å². The van der Waals surface area contributed by atoms with Crippen LogP contribution in [0.4, 0.5) is 0 Å². The van der Waals surface area contributed by atoms with E-state index in [-0.39, 0.29) is 84.1 Å². The quantitative estimate of drug-likeness (QED) is 0.0973. The van der Waals surface area contributed by atoms with Crippen LogP contribution in [-0.4, -0.2) is 109 Å². The molecule has 10 nitrogen and oxygen atoms in total. The number of Topliss-reactive ketones (excluding diaryl/α,β-unsaturated/α-hetero) is 1. The lowest BCUT2D eigenvalue weighted by molar-refractivity contribution is -0.148. The average molecular weight is 745 g/mol. The van der Waals surface area contributed by atoms with E-state index in [1.165, 1.54) is 0 Å². The van der Waals surface area contributed by atoms with E-state index in [9.17, 15) is 19.5 Å². The highest BCUT2D eigenvalue weighted by Gasteiger charge is 2.42. The molecular formula is C41H68N4O6S. The van der Waals surface area contributed by atoms with Crippen LogP contribution in [0.2, 0.25) is 0 Å². The first kappa shape index (κ1) is 45.3. The zero-order valence-corrected chi connectivity index (χ0v) is 34.5. The number of amides is 2. The lowest BCUT2D eigenvalue weighted by Crippen LogP contribution is -2.54. The van der Waals surface area contributed by atoms with E-state index in [1.807, 2.05) is 69.9 Å². The molecule has 9 atom stereocenters. The molecule has 1 aromatic rings. The molecule has 0 unspecified atom stereocenters. The first-order chi connectivity index (χ1) is 24.5. The fourth-order valence-electron chi connectivity index (χ4n) is 7.79. The molecule has 1 aromatic carbocycles. The summed E-state index contributed by atoms with van der Waals surface area (Å²) in [6, 6.07) is 8.45. The first-order valence-corrected chi connectivity index (χ1v) is 19.5. The standard InChI is InChI=1S/C41H68N4O6S/c1-13-27(6)38(44(10)41(49)31(25(2)3)23-34(47)37(42-9)26(4)5)35(50-11)24-36(48)45-21-17-20-33(45)39(51-12)28(7)40(52)43-32(29(8)46)22-30-18-15-14-16-19-30/h14-16,18-19,25-28,31-33,35,37-39,42,46H,8,13,17,20-24H2,1-7,9-12H3,(H,43,52)/t27-,28+,31-,32-,33-,35+,37-,38-,39+/m0/s1. The number of ether oxygens (including phenoxy) is 2. The third-order valence-corrected chi connectivity index (χ3v) is 11.6. The van der Waals surface area contributed by atoms with E-state index in [2.05, 4.69) is 31.1 Å². The number of likely N-dealkylation sites (N-methyl/N-ethyl adjacent to an activating group) is 2. The maximum Gasteiger partial charge on any atom is 0.226 e. The van der Waals surface area contributed by atoms with Crippen molar-refractivity contribution in [3.05, 3.63) is 48.2 Å². The van der Waals surface area contributed by atoms with Crippen molar-refractivity contribution in [1.82, 2.24) is 20.4 Å². The van der Waals surface area contributed by atoms with Gasteiger partial charge in [-0.15, -0.1) is 0 Å². The second kappa shape index (κ2) is 21.7. The summed E-state index contributed by atoms with van der Waals surface area (Å²) < 4.78 is 12.1. The van der Waals surface area contributed by atoms with E-state index < -0.39 is 18.1 Å². The fraction of sp³-hybridized carbons (Fsp3) is 0.707. The van der Waals surface area contributed by atoms with Gasteiger partial charge < -0.3 is 35.0 Å². The van der Waals surface area contributed by atoms with Crippen LogP contribution in [0.15, 0.2) is 42.7 Å². The Morgan fingerprint density at radius 1 is 1.04 bits per heavy atom. The van der Waals surface area contributed by atoms with Crippen molar-refractivity contribution >= 4 is 34.8 Å². The van der Waals surface area contributed by atoms with Crippen molar-refractivity contribution in [1.29, 1.82) is 0 Å². The van der Waals surface area contributed by atoms with Crippen molar-refractivity contribution in [2.75, 3.05) is 34.9 Å². The third kappa shape index (κ3) is 12.1. The van der Waals surface area contributed by atoms with E-state index in [1.54, 1.807) is 33.2 Å². The molecule has 2 rings (SSSR count). The second-order valence-electron chi connectivity index (χ2n) is 15.4. The predicted octanol–water partition coefficient (Wildman–Crippen LogP) is 5.98. The number of aliphatic hydroxyl groups is 1. The van der Waals surface area contributed by atoms with Gasteiger partial charge in [-0.3, -0.25) is 14.4 Å². The molecule has 1 heterocycles. The number of methoxy groups -OCH3 is 2. The Kier molecular flexibility index (Phi) is 18.9. The Morgan fingerprint density at radius 3 is 2.17 bits per heavy atom. The summed E-state index contributed by atoms with van der Waals surface area (Å²) in [6.07, 6.45) is 2.18. The van der Waals surface area contributed by atoms with Crippen molar-refractivity contribution in [3.8, 4) is 0 Å². The number of likely N-dealkylation sites (tertiary alicyclic amines) is 1. The van der Waals surface area contributed by atoms with Crippen molar-refractivity contribution < 1.29 is 29.0 Å². The summed E-state index contributed by atoms with van der Waals surface area (Å²) >= 11 is 5.86. The Labute approximate surface area is 319 Å². The molecule has 1 aliphatic rings. The Hall–Kier alpha value is -2.86. The largest absolute Gasteiger partial charge is 0.511 e. The lowest BCUT2D eigenvalue weighted by Gasteiger charge is -2.41. The molecule has 0 spiro atoms. The molecule has 0 bridgehead atoms. The van der Waals surface area contributed by atoms with E-state index in [0.29, 0.717) is 18.0 Å². The monoisotopic (exact) mass is 744 g/mol. The molecule has 0 saturated carbocycles. The van der Waals surface area contributed by atoms with Crippen LogP contribution in [0.1, 0.15) is 86.1 Å². The minimum absolute atomic E-state index is 0.000931. The molecule has 294 valence electrons. The maximum atomic E-state index is 14.2. The molecule has 0 aliphatic carbocycles. The smallest absolute Gasteiger partial charge is 0.226 e. The van der Waals surface area contributed by atoms with Crippen LogP contribution in [0.25, 0.3) is 0 Å². The number of hydrogen-bond acceptors (Lipinski definition) is 8. The summed E-state index contributed by atoms with van der Waals surface area (Å²) in [4.78, 5) is 45.9. The van der Waals surface area contributed by atoms with Gasteiger partial charge in [-0.25, -0.2) is 0 Å². The number of rotatable bonds is 22. The second-order valence-corrected chi connectivity index (χ2v) is 15.8. The van der Waals surface area contributed by atoms with Gasteiger partial charge >= 0.3 is 0 Å². The van der Waals surface area contributed by atoms with Gasteiger partial charge in [0.05, 0.1) is 47.8 Å². The van der Waals surface area contributed by atoms with Crippen LogP contribution in [0, 0.1) is 29.6 Å². The van der Waals surface area contributed by atoms with Crippen LogP contribution in [-0.2, 0) is 30.3 Å². The van der Waals surface area contributed by atoms with Crippen LogP contribution in [0.5, 0.6) is 0 Å². The molecule has 11 heteroatoms. The summed E-state index contributed by atoms with van der Waals surface area (Å²) in [5.74, 6) is -0.810. The zero-order valence-electron chi connectivity index (χ0n) is 33.7. The third-order valence-electron chi connectivity index (χ3n) is 11.1. The summed E-state index contributed by atoms with van der Waals surface area (Å²) in [7, 11) is 6.81. The van der Waals surface area contributed by atoms with Gasteiger partial charge in [-0.2, -0.15) is 0 Å². The number of aliphatic hydroxyl groups excluding tert-OH is 1. The lowest BCUT2D eigenvalue weighted by atomic mass is 9.84. The topological polar surface area (TPSA) is 120 Å². The molecule has 52 heavy (non-hydrogen) atoms. The number of ketones is 1. The number of hydrogen-bond donors (Lipinski definition) is 3. The summed E-state index contributed by atoms with van der Waals surface area (Å²) in [5, 5.41) is 16.8. The minimum atomic E-state index is -0.558. The SMILES string of the molecule is C=C(O)[C@H](Cc1ccccc1)NC(=S)[C@H](C)[C@@H](OC)[C@@H]1CCCN1C(=O)C[C@@H](OC)[C@H]([C@@H](C)CC)N(C)C(=O)[C@@H](CC(=O)[C@@H](NC)C(C)C)C(C)C. The van der Waals surface area contributed by atoms with Crippen molar-refractivity contribution in [2.45, 2.75) is 123 Å². The van der Waals surface area contributed by atoms with Gasteiger partial charge in [0.2, 0.25) is 11.8 Å². The number of carbonyl (C=O) groups is 3. The molecule has 1 aliphatic heterocycles. The number of nitrogens with zero attached hydrogens (tertiary/aromatic N) is 2. The Morgan fingerprint density at radius 2 is 1.67 bits per heavy atom. The summed E-state index contributed by atoms with van der Waals surface area (Å²) in [5.41, 5.74) is 1.04. The van der Waals surface area contributed by atoms with Crippen LogP contribution >= 0.6 is 12.2 Å². The van der Waals surface area contributed by atoms with Crippen LogP contribution in [0.3, 0.4) is 0 Å².